The summed E-state index contributed by atoms with van der Waals surface area (Å²) in [5.74, 6) is 0.759. The quantitative estimate of drug-likeness (QED) is 0.750. The predicted octanol–water partition coefficient (Wildman–Crippen LogP) is 3.17. The van der Waals surface area contributed by atoms with Gasteiger partial charge in [-0.2, -0.15) is 5.10 Å². The third kappa shape index (κ3) is 4.83. The lowest BCUT2D eigenvalue weighted by Crippen LogP contribution is -2.41. The number of rotatable bonds is 5. The van der Waals surface area contributed by atoms with Crippen LogP contribution in [0.25, 0.3) is 0 Å². The predicted molar refractivity (Wildman–Crippen MR) is 118 cm³/mol. The van der Waals surface area contributed by atoms with Crippen LogP contribution in [0, 0.1) is 0 Å². The monoisotopic (exact) mass is 421 g/mol. The molecule has 2 amide bonds. The third-order valence-corrected chi connectivity index (χ3v) is 5.60. The second kappa shape index (κ2) is 9.13. The first-order chi connectivity index (χ1) is 15.0. The molecule has 1 fully saturated rings. The van der Waals surface area contributed by atoms with Gasteiger partial charge in [-0.1, -0.05) is 29.5 Å². The summed E-state index contributed by atoms with van der Waals surface area (Å²) in [6.07, 6.45) is 0.581. The van der Waals surface area contributed by atoms with Crippen LogP contribution in [0.2, 0.25) is 0 Å². The van der Waals surface area contributed by atoms with E-state index in [0.29, 0.717) is 6.42 Å². The third-order valence-electron chi connectivity index (χ3n) is 5.60. The second-order valence-electron chi connectivity index (χ2n) is 7.72. The number of amides is 2. The maximum absolute atomic E-state index is 12.0. The van der Waals surface area contributed by atoms with E-state index in [1.807, 2.05) is 53.5 Å². The summed E-state index contributed by atoms with van der Waals surface area (Å²) in [6, 6.07) is 14.5. The number of benzene rings is 2. The normalized spacial score (nSPS) is 19.7. The summed E-state index contributed by atoms with van der Waals surface area (Å²) in [5.41, 5.74) is 9.06. The van der Waals surface area contributed by atoms with E-state index in [4.69, 9.17) is 10.5 Å². The molecule has 2 aromatic carbocycles. The van der Waals surface area contributed by atoms with Crippen molar-refractivity contribution in [3.63, 3.8) is 0 Å². The molecule has 31 heavy (non-hydrogen) atoms. The summed E-state index contributed by atoms with van der Waals surface area (Å²) in [6.45, 7) is 3.74. The smallest absolute Gasteiger partial charge is 0.335 e. The Morgan fingerprint density at radius 2 is 1.74 bits per heavy atom. The van der Waals surface area contributed by atoms with Crippen molar-refractivity contribution < 1.29 is 9.53 Å². The van der Waals surface area contributed by atoms with Crippen LogP contribution < -0.4 is 10.5 Å². The molecule has 0 bridgehead atoms. The number of urea groups is 1. The molecule has 0 saturated carbocycles. The number of nitrogens with two attached hydrogens (primary N) is 1. The number of hydrogen-bond donors (Lipinski definition) is 1. The van der Waals surface area contributed by atoms with Crippen molar-refractivity contribution in [2.75, 3.05) is 40.3 Å². The van der Waals surface area contributed by atoms with E-state index < -0.39 is 6.03 Å². The number of piperazine rings is 1. The van der Waals surface area contributed by atoms with Gasteiger partial charge < -0.3 is 15.4 Å². The molecule has 0 aromatic heterocycles. The number of nitrogens with zero attached hydrogens (tertiary/aromatic N) is 6. The van der Waals surface area contributed by atoms with Crippen LogP contribution in [0.3, 0.4) is 0 Å². The van der Waals surface area contributed by atoms with Gasteiger partial charge in [-0.05, 0) is 42.4 Å². The molecular weight excluding hydrogens is 394 g/mol. The molecule has 2 aliphatic rings. The fourth-order valence-corrected chi connectivity index (χ4v) is 3.69. The maximum Gasteiger partial charge on any atom is 0.335 e. The molecule has 1 atom stereocenters. The summed E-state index contributed by atoms with van der Waals surface area (Å²) in [7, 11) is 3.73. The number of hydrazone groups is 1. The van der Waals surface area contributed by atoms with Gasteiger partial charge in [0.2, 0.25) is 0 Å². The van der Waals surface area contributed by atoms with Crippen LogP contribution in [0.1, 0.15) is 23.6 Å². The average Bonchev–Trinajstić information content (AvgIpc) is 3.25. The lowest BCUT2D eigenvalue weighted by Gasteiger charge is -2.29. The standard InChI is InChI=1S/C22H27N7O2/c1-27-11-13-28(14-12-27)26-24-18-7-3-16(4-8-18)20-15-21(29(25-20)22(23)30)17-5-9-19(31-2)10-6-17/h3-10,21H,11-15H2,1-2H3,(H2,23,30). The fraction of sp³-hybridized carbons (Fsp3) is 0.364. The molecule has 2 aliphatic heterocycles. The summed E-state index contributed by atoms with van der Waals surface area (Å²) < 4.78 is 5.22. The lowest BCUT2D eigenvalue weighted by molar-refractivity contribution is 0.150. The van der Waals surface area contributed by atoms with Crippen molar-refractivity contribution >= 4 is 17.4 Å². The summed E-state index contributed by atoms with van der Waals surface area (Å²) in [4.78, 5) is 14.3. The summed E-state index contributed by atoms with van der Waals surface area (Å²) >= 11 is 0. The minimum atomic E-state index is -0.576. The van der Waals surface area contributed by atoms with Crippen LogP contribution >= 0.6 is 0 Å². The molecule has 1 saturated heterocycles. The zero-order valence-corrected chi connectivity index (χ0v) is 17.8. The van der Waals surface area contributed by atoms with Crippen molar-refractivity contribution in [3.8, 4) is 5.75 Å². The first kappa shape index (κ1) is 20.8. The van der Waals surface area contributed by atoms with Gasteiger partial charge in [0.15, 0.2) is 0 Å². The number of primary amides is 1. The molecule has 2 N–H and O–H groups in total. The van der Waals surface area contributed by atoms with Crippen LogP contribution in [0.4, 0.5) is 10.5 Å². The summed E-state index contributed by atoms with van der Waals surface area (Å²) in [5, 5.41) is 16.5. The molecule has 0 aliphatic carbocycles. The molecule has 2 heterocycles. The highest BCUT2D eigenvalue weighted by Gasteiger charge is 2.32. The Kier molecular flexibility index (Phi) is 6.13. The van der Waals surface area contributed by atoms with Gasteiger partial charge in [0, 0.05) is 19.5 Å². The second-order valence-corrected chi connectivity index (χ2v) is 7.72. The first-order valence-electron chi connectivity index (χ1n) is 10.3. The molecule has 4 rings (SSSR count). The topological polar surface area (TPSA) is 99.1 Å². The molecule has 9 heteroatoms. The Hall–Kier alpha value is -3.46. The number of carbonyl (C=O) groups is 1. The average molecular weight is 422 g/mol. The molecule has 1 unspecified atom stereocenters. The van der Waals surface area contributed by atoms with Gasteiger partial charge in [0.25, 0.3) is 0 Å². The molecule has 9 nitrogen and oxygen atoms in total. The highest BCUT2D eigenvalue weighted by atomic mass is 16.5. The SMILES string of the molecule is COc1ccc(C2CC(c3ccc(N=NN4CCN(C)CC4)cc3)=NN2C(N)=O)cc1. The number of hydrogen-bond acceptors (Lipinski definition) is 6. The van der Waals surface area contributed by atoms with E-state index in [-0.39, 0.29) is 6.04 Å². The van der Waals surface area contributed by atoms with Crippen molar-refractivity contribution in [3.05, 3.63) is 59.7 Å². The molecule has 2 aromatic rings. The Morgan fingerprint density at radius 1 is 1.06 bits per heavy atom. The van der Waals surface area contributed by atoms with E-state index in [9.17, 15) is 4.79 Å². The number of likely N-dealkylation sites (N-methyl/N-ethyl adjacent to an activating group) is 1. The molecule has 0 spiro atoms. The van der Waals surface area contributed by atoms with Gasteiger partial charge in [-0.3, -0.25) is 5.01 Å². The van der Waals surface area contributed by atoms with E-state index in [2.05, 4.69) is 27.4 Å². The van der Waals surface area contributed by atoms with E-state index in [1.165, 1.54) is 5.01 Å². The largest absolute Gasteiger partial charge is 0.497 e. The zero-order valence-electron chi connectivity index (χ0n) is 17.8. The molecular formula is C22H27N7O2. The van der Waals surface area contributed by atoms with E-state index in [0.717, 1.165) is 54.5 Å². The highest BCUT2D eigenvalue weighted by molar-refractivity contribution is 6.03. The highest BCUT2D eigenvalue weighted by Crippen LogP contribution is 2.33. The van der Waals surface area contributed by atoms with E-state index >= 15 is 0 Å². The van der Waals surface area contributed by atoms with Crippen LogP contribution in [-0.4, -0.2) is 67.0 Å². The fourth-order valence-electron chi connectivity index (χ4n) is 3.69. The Balaban J connectivity index is 1.46. The van der Waals surface area contributed by atoms with Crippen LogP contribution in [-0.2, 0) is 0 Å². The number of carbonyl (C=O) groups excluding carboxylic acids is 1. The van der Waals surface area contributed by atoms with Crippen molar-refractivity contribution in [1.29, 1.82) is 0 Å². The van der Waals surface area contributed by atoms with Gasteiger partial charge in [-0.25, -0.2) is 9.80 Å². The molecule has 0 radical (unpaired) electrons. The Bertz CT molecular complexity index is 964. The van der Waals surface area contributed by atoms with Crippen molar-refractivity contribution in [1.82, 2.24) is 14.9 Å². The van der Waals surface area contributed by atoms with Gasteiger partial charge in [-0.15, -0.1) is 5.11 Å². The van der Waals surface area contributed by atoms with Gasteiger partial charge in [0.1, 0.15) is 5.75 Å². The minimum Gasteiger partial charge on any atom is -0.497 e. The van der Waals surface area contributed by atoms with Gasteiger partial charge in [0.05, 0.1) is 37.6 Å². The first-order valence-corrected chi connectivity index (χ1v) is 10.3. The Labute approximate surface area is 181 Å². The van der Waals surface area contributed by atoms with E-state index in [1.54, 1.807) is 7.11 Å². The van der Waals surface area contributed by atoms with Crippen LogP contribution in [0.15, 0.2) is 64.0 Å². The van der Waals surface area contributed by atoms with Crippen molar-refractivity contribution in [2.45, 2.75) is 12.5 Å². The zero-order chi connectivity index (χ0) is 21.8. The Morgan fingerprint density at radius 3 is 2.35 bits per heavy atom. The number of ether oxygens (including phenoxy) is 1. The van der Waals surface area contributed by atoms with Crippen molar-refractivity contribution in [2.24, 2.45) is 21.2 Å². The van der Waals surface area contributed by atoms with Gasteiger partial charge >= 0.3 is 6.03 Å². The number of methoxy groups -OCH3 is 1. The maximum atomic E-state index is 12.0. The molecule has 162 valence electrons. The lowest BCUT2D eigenvalue weighted by atomic mass is 9.98. The minimum absolute atomic E-state index is 0.241. The van der Waals surface area contributed by atoms with Crippen LogP contribution in [0.5, 0.6) is 5.75 Å².